The summed E-state index contributed by atoms with van der Waals surface area (Å²) >= 11 is 0. The number of hydrogen-bond acceptors (Lipinski definition) is 3. The molecule has 0 aromatic carbocycles. The van der Waals surface area contributed by atoms with Crippen LogP contribution in [0.5, 0.6) is 0 Å². The summed E-state index contributed by atoms with van der Waals surface area (Å²) in [5, 5.41) is 6.97. The van der Waals surface area contributed by atoms with Gasteiger partial charge in [-0.1, -0.05) is 0 Å². The highest BCUT2D eigenvalue weighted by atomic mass is 16.3. The molecule has 0 aliphatic rings. The van der Waals surface area contributed by atoms with E-state index >= 15 is 0 Å². The smallest absolute Gasteiger partial charge is 0.105 e. The molecule has 0 saturated heterocycles. The normalized spacial score (nSPS) is 12.1. The van der Waals surface area contributed by atoms with Crippen molar-refractivity contribution < 1.29 is 4.42 Å². The van der Waals surface area contributed by atoms with E-state index in [0.29, 0.717) is 0 Å². The Morgan fingerprint density at radius 2 is 1.67 bits per heavy atom. The van der Waals surface area contributed by atoms with Gasteiger partial charge in [0, 0.05) is 17.6 Å². The van der Waals surface area contributed by atoms with Gasteiger partial charge in [-0.3, -0.25) is 0 Å². The Balaban J connectivity index is 2.22. The van der Waals surface area contributed by atoms with Crippen LogP contribution >= 0.6 is 0 Å². The summed E-state index contributed by atoms with van der Waals surface area (Å²) in [5.74, 6) is 2.09. The minimum atomic E-state index is 0.217. The van der Waals surface area contributed by atoms with Gasteiger partial charge in [-0.05, 0) is 66.6 Å². The highest BCUT2D eigenvalue weighted by Crippen LogP contribution is 2.20. The fourth-order valence-electron chi connectivity index (χ4n) is 1.99. The molecule has 0 atom stereocenters. The number of aryl methyl sites for hydroxylation is 2. The van der Waals surface area contributed by atoms with E-state index in [4.69, 9.17) is 4.42 Å². The molecule has 1 rings (SSSR count). The first-order chi connectivity index (χ1) is 8.31. The molecule has 1 heterocycles. The Hall–Kier alpha value is -0.800. The molecule has 0 aliphatic carbocycles. The van der Waals surface area contributed by atoms with E-state index in [-0.39, 0.29) is 5.54 Å². The molecule has 3 nitrogen and oxygen atoms in total. The zero-order valence-electron chi connectivity index (χ0n) is 12.7. The van der Waals surface area contributed by atoms with Crippen LogP contribution in [0, 0.1) is 20.8 Å². The molecule has 18 heavy (non-hydrogen) atoms. The fraction of sp³-hybridized carbons (Fsp3) is 0.733. The predicted octanol–water partition coefficient (Wildman–Crippen LogP) is 3.07. The molecule has 1 aromatic rings. The third-order valence-electron chi connectivity index (χ3n) is 3.20. The zero-order chi connectivity index (χ0) is 13.8. The first kappa shape index (κ1) is 15.3. The first-order valence-electron chi connectivity index (χ1n) is 6.82. The van der Waals surface area contributed by atoms with Crippen LogP contribution in [0.3, 0.4) is 0 Å². The van der Waals surface area contributed by atoms with Gasteiger partial charge in [0.15, 0.2) is 0 Å². The lowest BCUT2D eigenvalue weighted by Gasteiger charge is -2.20. The monoisotopic (exact) mass is 252 g/mol. The quantitative estimate of drug-likeness (QED) is 0.764. The minimum Gasteiger partial charge on any atom is -0.466 e. The highest BCUT2D eigenvalue weighted by Gasteiger charge is 2.10. The number of hydrogen-bond donors (Lipinski definition) is 2. The Morgan fingerprint density at radius 1 is 1.00 bits per heavy atom. The van der Waals surface area contributed by atoms with Gasteiger partial charge in [0.1, 0.15) is 11.5 Å². The van der Waals surface area contributed by atoms with Gasteiger partial charge < -0.3 is 15.1 Å². The zero-order valence-corrected chi connectivity index (χ0v) is 12.7. The van der Waals surface area contributed by atoms with Crippen LogP contribution in [-0.4, -0.2) is 18.6 Å². The predicted molar refractivity (Wildman–Crippen MR) is 77.0 cm³/mol. The summed E-state index contributed by atoms with van der Waals surface area (Å²) < 4.78 is 5.62. The van der Waals surface area contributed by atoms with Crippen molar-refractivity contribution in [3.63, 3.8) is 0 Å². The maximum Gasteiger partial charge on any atom is 0.105 e. The molecule has 0 aliphatic heterocycles. The second-order valence-corrected chi connectivity index (χ2v) is 6.03. The van der Waals surface area contributed by atoms with Crippen molar-refractivity contribution in [3.8, 4) is 0 Å². The second-order valence-electron chi connectivity index (χ2n) is 6.03. The molecular weight excluding hydrogens is 224 g/mol. The van der Waals surface area contributed by atoms with Gasteiger partial charge in [-0.25, -0.2) is 0 Å². The third kappa shape index (κ3) is 4.83. The van der Waals surface area contributed by atoms with E-state index in [1.165, 1.54) is 11.1 Å². The standard InChI is InChI=1S/C15H28N2O/c1-11-12(2)18-13(3)14(11)10-16-8-7-9-17-15(4,5)6/h16-17H,7-10H2,1-6H3. The van der Waals surface area contributed by atoms with Crippen LogP contribution in [0.4, 0.5) is 0 Å². The maximum atomic E-state index is 5.62. The number of rotatable bonds is 6. The summed E-state index contributed by atoms with van der Waals surface area (Å²) in [5.41, 5.74) is 2.82. The molecular formula is C15H28N2O. The Bertz CT molecular complexity index is 375. The van der Waals surface area contributed by atoms with Crippen LogP contribution in [0.1, 0.15) is 49.8 Å². The second kappa shape index (κ2) is 6.39. The van der Waals surface area contributed by atoms with Crippen molar-refractivity contribution >= 4 is 0 Å². The molecule has 104 valence electrons. The summed E-state index contributed by atoms with van der Waals surface area (Å²) in [7, 11) is 0. The van der Waals surface area contributed by atoms with Crippen LogP contribution in [0.25, 0.3) is 0 Å². The van der Waals surface area contributed by atoms with E-state index in [0.717, 1.165) is 37.6 Å². The van der Waals surface area contributed by atoms with Crippen molar-refractivity contribution in [1.82, 2.24) is 10.6 Å². The maximum absolute atomic E-state index is 5.62. The van der Waals surface area contributed by atoms with Gasteiger partial charge in [0.25, 0.3) is 0 Å². The lowest BCUT2D eigenvalue weighted by atomic mass is 10.1. The Morgan fingerprint density at radius 3 is 2.17 bits per heavy atom. The SMILES string of the molecule is Cc1oc(C)c(CNCCCNC(C)(C)C)c1C. The summed E-state index contributed by atoms with van der Waals surface area (Å²) in [6, 6.07) is 0. The highest BCUT2D eigenvalue weighted by molar-refractivity contribution is 5.31. The van der Waals surface area contributed by atoms with Crippen molar-refractivity contribution in [3.05, 3.63) is 22.6 Å². The Kier molecular flexibility index (Phi) is 5.42. The lowest BCUT2D eigenvalue weighted by Crippen LogP contribution is -2.37. The average molecular weight is 252 g/mol. The first-order valence-corrected chi connectivity index (χ1v) is 6.82. The van der Waals surface area contributed by atoms with Gasteiger partial charge in [0.2, 0.25) is 0 Å². The molecule has 0 unspecified atom stereocenters. The Labute approximate surface area is 111 Å². The number of furan rings is 1. The van der Waals surface area contributed by atoms with Crippen molar-refractivity contribution in [1.29, 1.82) is 0 Å². The summed E-state index contributed by atoms with van der Waals surface area (Å²) in [4.78, 5) is 0. The van der Waals surface area contributed by atoms with E-state index < -0.39 is 0 Å². The molecule has 0 radical (unpaired) electrons. The van der Waals surface area contributed by atoms with Crippen LogP contribution in [0.15, 0.2) is 4.42 Å². The van der Waals surface area contributed by atoms with Gasteiger partial charge >= 0.3 is 0 Å². The molecule has 0 amide bonds. The van der Waals surface area contributed by atoms with E-state index in [2.05, 4.69) is 38.3 Å². The molecule has 0 saturated carbocycles. The summed E-state index contributed by atoms with van der Waals surface area (Å²) in [6.45, 7) is 15.8. The molecule has 0 spiro atoms. The minimum absolute atomic E-state index is 0.217. The van der Waals surface area contributed by atoms with Crippen LogP contribution < -0.4 is 10.6 Å². The van der Waals surface area contributed by atoms with E-state index in [1.807, 2.05) is 13.8 Å². The van der Waals surface area contributed by atoms with Gasteiger partial charge in [0.05, 0.1) is 0 Å². The van der Waals surface area contributed by atoms with E-state index in [9.17, 15) is 0 Å². The average Bonchev–Trinajstić information content (AvgIpc) is 2.47. The summed E-state index contributed by atoms with van der Waals surface area (Å²) in [6.07, 6.45) is 1.15. The fourth-order valence-corrected chi connectivity index (χ4v) is 1.99. The topological polar surface area (TPSA) is 37.2 Å². The molecule has 3 heteroatoms. The molecule has 2 N–H and O–H groups in total. The van der Waals surface area contributed by atoms with Crippen molar-refractivity contribution in [2.75, 3.05) is 13.1 Å². The molecule has 0 fully saturated rings. The van der Waals surface area contributed by atoms with Crippen molar-refractivity contribution in [2.24, 2.45) is 0 Å². The third-order valence-corrected chi connectivity index (χ3v) is 3.20. The number of nitrogens with one attached hydrogen (secondary N) is 2. The van der Waals surface area contributed by atoms with E-state index in [1.54, 1.807) is 0 Å². The van der Waals surface area contributed by atoms with Crippen LogP contribution in [0.2, 0.25) is 0 Å². The molecule has 1 aromatic heterocycles. The van der Waals surface area contributed by atoms with Crippen molar-refractivity contribution in [2.45, 2.75) is 60.0 Å². The molecule has 0 bridgehead atoms. The largest absolute Gasteiger partial charge is 0.466 e. The lowest BCUT2D eigenvalue weighted by molar-refractivity contribution is 0.418. The van der Waals surface area contributed by atoms with Crippen LogP contribution in [-0.2, 0) is 6.54 Å². The van der Waals surface area contributed by atoms with Gasteiger partial charge in [-0.2, -0.15) is 0 Å². The van der Waals surface area contributed by atoms with Gasteiger partial charge in [-0.15, -0.1) is 0 Å².